The molecule has 2 aromatic carbocycles. The van der Waals surface area contributed by atoms with Crippen molar-refractivity contribution in [3.05, 3.63) is 63.1 Å². The standard InChI is InChI=1S/C17H19BrClNO/c1-3-20-16(14-8-5-9-15(18)17(14)19)11-12-6-4-7-13(10-12)21-2/h4-10,16,20H,3,11H2,1-2H3. The van der Waals surface area contributed by atoms with E-state index in [1.807, 2.05) is 24.3 Å². The molecule has 0 amide bonds. The summed E-state index contributed by atoms with van der Waals surface area (Å²) in [7, 11) is 1.69. The van der Waals surface area contributed by atoms with Crippen molar-refractivity contribution in [2.75, 3.05) is 13.7 Å². The van der Waals surface area contributed by atoms with Crippen molar-refractivity contribution >= 4 is 27.5 Å². The molecule has 1 N–H and O–H groups in total. The van der Waals surface area contributed by atoms with Gasteiger partial charge in [-0.05, 0) is 58.2 Å². The summed E-state index contributed by atoms with van der Waals surface area (Å²) in [5.74, 6) is 0.878. The van der Waals surface area contributed by atoms with Gasteiger partial charge in [0.15, 0.2) is 0 Å². The van der Waals surface area contributed by atoms with Crippen LogP contribution < -0.4 is 10.1 Å². The monoisotopic (exact) mass is 367 g/mol. The lowest BCUT2D eigenvalue weighted by molar-refractivity contribution is 0.414. The molecule has 21 heavy (non-hydrogen) atoms. The van der Waals surface area contributed by atoms with Crippen molar-refractivity contribution < 1.29 is 4.74 Å². The highest BCUT2D eigenvalue weighted by molar-refractivity contribution is 9.10. The molecule has 4 heteroatoms. The van der Waals surface area contributed by atoms with Crippen LogP contribution in [-0.2, 0) is 6.42 Å². The number of nitrogens with one attached hydrogen (secondary N) is 1. The Morgan fingerprint density at radius 2 is 2.00 bits per heavy atom. The highest BCUT2D eigenvalue weighted by atomic mass is 79.9. The van der Waals surface area contributed by atoms with E-state index in [0.29, 0.717) is 0 Å². The van der Waals surface area contributed by atoms with Crippen LogP contribution in [0.4, 0.5) is 0 Å². The minimum Gasteiger partial charge on any atom is -0.497 e. The summed E-state index contributed by atoms with van der Waals surface area (Å²) in [6.07, 6.45) is 0.862. The van der Waals surface area contributed by atoms with Crippen LogP contribution >= 0.6 is 27.5 Å². The summed E-state index contributed by atoms with van der Waals surface area (Å²) in [6, 6.07) is 14.4. The van der Waals surface area contributed by atoms with Crippen molar-refractivity contribution in [2.24, 2.45) is 0 Å². The first kappa shape index (κ1) is 16.3. The lowest BCUT2D eigenvalue weighted by Crippen LogP contribution is -2.23. The Balaban J connectivity index is 2.28. The number of methoxy groups -OCH3 is 1. The number of ether oxygens (including phenoxy) is 1. The van der Waals surface area contributed by atoms with E-state index in [-0.39, 0.29) is 6.04 Å². The molecule has 1 unspecified atom stereocenters. The molecule has 2 rings (SSSR count). The van der Waals surface area contributed by atoms with E-state index in [1.54, 1.807) is 7.11 Å². The van der Waals surface area contributed by atoms with Gasteiger partial charge in [-0.2, -0.15) is 0 Å². The van der Waals surface area contributed by atoms with Gasteiger partial charge in [0.2, 0.25) is 0 Å². The van der Waals surface area contributed by atoms with Crippen LogP contribution in [0.3, 0.4) is 0 Å². The van der Waals surface area contributed by atoms with Crippen LogP contribution in [0.2, 0.25) is 5.02 Å². The van der Waals surface area contributed by atoms with Gasteiger partial charge < -0.3 is 10.1 Å². The molecule has 0 saturated heterocycles. The fourth-order valence-electron chi connectivity index (χ4n) is 2.36. The summed E-state index contributed by atoms with van der Waals surface area (Å²) in [6.45, 7) is 2.99. The van der Waals surface area contributed by atoms with Crippen molar-refractivity contribution in [3.8, 4) is 5.75 Å². The second-order valence-corrected chi connectivity index (χ2v) is 6.04. The van der Waals surface area contributed by atoms with Gasteiger partial charge >= 0.3 is 0 Å². The summed E-state index contributed by atoms with van der Waals surface area (Å²) in [5, 5.41) is 4.28. The summed E-state index contributed by atoms with van der Waals surface area (Å²) >= 11 is 9.93. The quantitative estimate of drug-likeness (QED) is 0.774. The number of rotatable bonds is 6. The smallest absolute Gasteiger partial charge is 0.119 e. The highest BCUT2D eigenvalue weighted by Crippen LogP contribution is 2.32. The Hall–Kier alpha value is -1.03. The zero-order valence-electron chi connectivity index (χ0n) is 12.2. The largest absolute Gasteiger partial charge is 0.497 e. The number of likely N-dealkylation sites (N-methyl/N-ethyl adjacent to an activating group) is 1. The van der Waals surface area contributed by atoms with Crippen molar-refractivity contribution in [2.45, 2.75) is 19.4 Å². The SMILES string of the molecule is CCNC(Cc1cccc(OC)c1)c1cccc(Br)c1Cl. The molecule has 0 spiro atoms. The summed E-state index contributed by atoms with van der Waals surface area (Å²) in [5.41, 5.74) is 2.33. The Morgan fingerprint density at radius 1 is 1.24 bits per heavy atom. The first-order chi connectivity index (χ1) is 10.2. The minimum atomic E-state index is 0.173. The highest BCUT2D eigenvalue weighted by Gasteiger charge is 2.16. The maximum Gasteiger partial charge on any atom is 0.119 e. The second kappa shape index (κ2) is 7.83. The predicted molar refractivity (Wildman–Crippen MR) is 92.3 cm³/mol. The molecule has 0 heterocycles. The molecule has 112 valence electrons. The maximum atomic E-state index is 6.44. The molecular formula is C17H19BrClNO. The molecule has 1 atom stereocenters. The zero-order valence-corrected chi connectivity index (χ0v) is 14.5. The molecule has 0 bridgehead atoms. The van der Waals surface area contributed by atoms with Crippen LogP contribution in [0.5, 0.6) is 5.75 Å². The van der Waals surface area contributed by atoms with Crippen molar-refractivity contribution in [1.82, 2.24) is 5.32 Å². The van der Waals surface area contributed by atoms with E-state index in [2.05, 4.69) is 46.4 Å². The van der Waals surface area contributed by atoms with E-state index in [9.17, 15) is 0 Å². The third-order valence-electron chi connectivity index (χ3n) is 3.38. The van der Waals surface area contributed by atoms with Crippen LogP contribution in [0.1, 0.15) is 24.1 Å². The van der Waals surface area contributed by atoms with Crippen LogP contribution in [0, 0.1) is 0 Å². The minimum absolute atomic E-state index is 0.173. The predicted octanol–water partition coefficient (Wildman–Crippen LogP) is 5.00. The Labute approximate surface area is 139 Å². The van der Waals surface area contributed by atoms with Crippen LogP contribution in [-0.4, -0.2) is 13.7 Å². The van der Waals surface area contributed by atoms with Gasteiger partial charge in [0.05, 0.1) is 12.1 Å². The van der Waals surface area contributed by atoms with Gasteiger partial charge in [-0.25, -0.2) is 0 Å². The zero-order chi connectivity index (χ0) is 15.2. The molecule has 0 radical (unpaired) electrons. The van der Waals surface area contributed by atoms with Crippen LogP contribution in [0.15, 0.2) is 46.9 Å². The average Bonchev–Trinajstić information content (AvgIpc) is 2.50. The summed E-state index contributed by atoms with van der Waals surface area (Å²) in [4.78, 5) is 0. The number of hydrogen-bond acceptors (Lipinski definition) is 2. The van der Waals surface area contributed by atoms with Crippen molar-refractivity contribution in [1.29, 1.82) is 0 Å². The van der Waals surface area contributed by atoms with Crippen molar-refractivity contribution in [3.63, 3.8) is 0 Å². The average molecular weight is 369 g/mol. The fraction of sp³-hybridized carbons (Fsp3) is 0.294. The third-order valence-corrected chi connectivity index (χ3v) is 4.69. The summed E-state index contributed by atoms with van der Waals surface area (Å²) < 4.78 is 6.22. The molecule has 0 aliphatic rings. The van der Waals surface area contributed by atoms with Crippen LogP contribution in [0.25, 0.3) is 0 Å². The Morgan fingerprint density at radius 3 is 2.71 bits per heavy atom. The van der Waals surface area contributed by atoms with E-state index in [0.717, 1.165) is 33.8 Å². The van der Waals surface area contributed by atoms with Gasteiger partial charge in [0.1, 0.15) is 5.75 Å². The normalized spacial score (nSPS) is 12.2. The first-order valence-corrected chi connectivity index (χ1v) is 8.13. The molecule has 0 aromatic heterocycles. The van der Waals surface area contributed by atoms with Gasteiger partial charge in [0, 0.05) is 10.5 Å². The number of benzene rings is 2. The van der Waals surface area contributed by atoms with E-state index < -0.39 is 0 Å². The van der Waals surface area contributed by atoms with Gasteiger partial charge in [-0.3, -0.25) is 0 Å². The molecule has 0 aliphatic heterocycles. The Bertz CT molecular complexity index is 603. The molecule has 0 fully saturated rings. The molecule has 0 saturated carbocycles. The van der Waals surface area contributed by atoms with E-state index >= 15 is 0 Å². The maximum absolute atomic E-state index is 6.44. The number of halogens is 2. The lowest BCUT2D eigenvalue weighted by atomic mass is 9.98. The second-order valence-electron chi connectivity index (χ2n) is 4.81. The lowest BCUT2D eigenvalue weighted by Gasteiger charge is -2.20. The number of hydrogen-bond donors (Lipinski definition) is 1. The molecule has 2 aromatic rings. The third kappa shape index (κ3) is 4.22. The van der Waals surface area contributed by atoms with E-state index in [4.69, 9.17) is 16.3 Å². The molecule has 2 nitrogen and oxygen atoms in total. The van der Waals surface area contributed by atoms with Gasteiger partial charge in [0.25, 0.3) is 0 Å². The van der Waals surface area contributed by atoms with E-state index in [1.165, 1.54) is 5.56 Å². The Kier molecular flexibility index (Phi) is 6.09. The van der Waals surface area contributed by atoms with Gasteiger partial charge in [-0.15, -0.1) is 0 Å². The molecular weight excluding hydrogens is 350 g/mol. The van der Waals surface area contributed by atoms with Gasteiger partial charge in [-0.1, -0.05) is 42.8 Å². The first-order valence-electron chi connectivity index (χ1n) is 6.96. The fourth-order valence-corrected chi connectivity index (χ4v) is 3.00. The molecule has 0 aliphatic carbocycles. The topological polar surface area (TPSA) is 21.3 Å².